The molecule has 0 aliphatic carbocycles. The standard InChI is InChI=1S/C.Co.O.P/q;+2;-2;. The molecule has 3 heteroatoms. The third-order valence-electron chi connectivity index (χ3n) is 0. The second-order valence-corrected chi connectivity index (χ2v) is 0. The Hall–Kier alpha value is 0.896. The second-order valence-electron chi connectivity index (χ2n) is 0. The normalized spacial score (nSPS) is 0. The van der Waals surface area contributed by atoms with Crippen LogP contribution in [-0.2, 0) is 22.3 Å². The van der Waals surface area contributed by atoms with E-state index in [9.17, 15) is 0 Å². The first-order valence-corrected chi connectivity index (χ1v) is 0. The van der Waals surface area contributed by atoms with E-state index in [1.165, 1.54) is 0 Å². The molecule has 0 unspecified atom stereocenters. The van der Waals surface area contributed by atoms with E-state index in [1.807, 2.05) is 0 Å². The van der Waals surface area contributed by atoms with Crippen molar-refractivity contribution in [1.82, 2.24) is 0 Å². The van der Waals surface area contributed by atoms with Gasteiger partial charge in [-0.05, 0) is 0 Å². The van der Waals surface area contributed by atoms with Gasteiger partial charge >= 0.3 is 16.8 Å². The van der Waals surface area contributed by atoms with Crippen molar-refractivity contribution in [3.05, 3.63) is 7.43 Å². The van der Waals surface area contributed by atoms with Crippen LogP contribution in [-0.4, -0.2) is 0 Å². The number of hydrogen-bond acceptors (Lipinski definition) is 0. The fourth-order valence-electron chi connectivity index (χ4n) is 0. The van der Waals surface area contributed by atoms with E-state index in [0.717, 1.165) is 0 Å². The largest absolute Gasteiger partial charge is 2.00 e. The molecule has 0 aliphatic rings. The number of rotatable bonds is 0. The second kappa shape index (κ2) is 40.7. The van der Waals surface area contributed by atoms with Crippen LogP contribution in [0.15, 0.2) is 0 Å². The Kier molecular flexibility index (Phi) is 941. The van der Waals surface area contributed by atoms with Gasteiger partial charge in [-0.3, -0.25) is 0 Å². The van der Waals surface area contributed by atoms with Crippen molar-refractivity contribution in [1.29, 1.82) is 0 Å². The molecule has 0 spiro atoms. The maximum absolute atomic E-state index is 0. The van der Waals surface area contributed by atoms with E-state index < -0.39 is 0 Å². The first-order chi connectivity index (χ1) is 0. The smallest absolute Gasteiger partial charge is 2.00 e. The van der Waals surface area contributed by atoms with Gasteiger partial charge < -0.3 is 5.48 Å². The summed E-state index contributed by atoms with van der Waals surface area (Å²) in [5, 5.41) is 0. The van der Waals surface area contributed by atoms with Crippen LogP contribution in [0.5, 0.6) is 0 Å². The molecular formula is CCoOP. The molecule has 0 aromatic rings. The van der Waals surface area contributed by atoms with Gasteiger partial charge in [-0.25, -0.2) is 0 Å². The summed E-state index contributed by atoms with van der Waals surface area (Å²) in [5.74, 6) is 0. The molecule has 24 valence electrons. The topological polar surface area (TPSA) is 28.5 Å². The number of hydrogen-bond donors (Lipinski definition) is 0. The zero-order chi connectivity index (χ0) is 0. The third-order valence-corrected chi connectivity index (χ3v) is 0. The first kappa shape index (κ1) is 92.5. The van der Waals surface area contributed by atoms with Gasteiger partial charge in [0.25, 0.3) is 0 Å². The zero-order valence-electron chi connectivity index (χ0n) is 1.69. The van der Waals surface area contributed by atoms with Gasteiger partial charge in [0.1, 0.15) is 0 Å². The van der Waals surface area contributed by atoms with Crippen LogP contribution in [0.4, 0.5) is 0 Å². The molecular weight excluding hydrogens is 118 g/mol. The van der Waals surface area contributed by atoms with Crippen molar-refractivity contribution in [3.8, 4) is 0 Å². The summed E-state index contributed by atoms with van der Waals surface area (Å²) in [6, 6.07) is 0. The van der Waals surface area contributed by atoms with Crippen LogP contribution in [0.2, 0.25) is 0 Å². The summed E-state index contributed by atoms with van der Waals surface area (Å²) in [6.45, 7) is 0. The fraction of sp³-hybridized carbons (Fsp3) is 0. The molecule has 0 saturated heterocycles. The Bertz CT molecular complexity index is 8.00. The SMILES string of the molecule is [C].[Co+2].[O-2].[P]. The molecule has 0 aromatic carbocycles. The van der Waals surface area contributed by atoms with Crippen molar-refractivity contribution in [2.45, 2.75) is 0 Å². The van der Waals surface area contributed by atoms with Gasteiger partial charge in [0, 0.05) is 17.3 Å². The minimum atomic E-state index is 0. The molecule has 0 fully saturated rings. The third kappa shape index (κ3) is 13.0. The Morgan fingerprint density at radius 3 is 1.00 bits per heavy atom. The summed E-state index contributed by atoms with van der Waals surface area (Å²) < 4.78 is 0. The van der Waals surface area contributed by atoms with Crippen molar-refractivity contribution < 1.29 is 22.3 Å². The Morgan fingerprint density at radius 2 is 1.00 bits per heavy atom. The molecule has 0 bridgehead atoms. The predicted molar refractivity (Wildman–Crippen MR) is 10.8 cm³/mol. The van der Waals surface area contributed by atoms with Crippen molar-refractivity contribution >= 4 is 9.90 Å². The molecule has 0 saturated carbocycles. The van der Waals surface area contributed by atoms with Gasteiger partial charge in [0.2, 0.25) is 0 Å². The molecule has 0 heterocycles. The van der Waals surface area contributed by atoms with E-state index in [1.54, 1.807) is 0 Å². The molecule has 0 aromatic heterocycles. The molecule has 0 atom stereocenters. The molecule has 0 rings (SSSR count). The molecule has 8 radical (unpaired) electrons. The van der Waals surface area contributed by atoms with Crippen LogP contribution in [0, 0.1) is 7.43 Å². The molecule has 0 aliphatic heterocycles. The predicted octanol–water partition coefficient (Wildman–Crippen LogP) is 0.821. The monoisotopic (exact) mass is 118 g/mol. The molecule has 4 heavy (non-hydrogen) atoms. The van der Waals surface area contributed by atoms with Crippen LogP contribution in [0.1, 0.15) is 0 Å². The van der Waals surface area contributed by atoms with Crippen LogP contribution >= 0.6 is 9.90 Å². The summed E-state index contributed by atoms with van der Waals surface area (Å²) >= 11 is 0. The van der Waals surface area contributed by atoms with E-state index in [4.69, 9.17) is 0 Å². The van der Waals surface area contributed by atoms with Crippen LogP contribution in [0.3, 0.4) is 0 Å². The van der Waals surface area contributed by atoms with E-state index in [0.29, 0.717) is 0 Å². The Labute approximate surface area is 40.3 Å². The van der Waals surface area contributed by atoms with Gasteiger partial charge in [-0.1, -0.05) is 0 Å². The average Bonchev–Trinajstić information content (AvgIpc) is 0. The molecule has 0 amide bonds. The Morgan fingerprint density at radius 1 is 1.00 bits per heavy atom. The minimum Gasteiger partial charge on any atom is -2.00 e. The van der Waals surface area contributed by atoms with E-state index in [-0.39, 0.29) is 39.6 Å². The van der Waals surface area contributed by atoms with Gasteiger partial charge in [-0.2, -0.15) is 0 Å². The van der Waals surface area contributed by atoms with E-state index in [2.05, 4.69) is 0 Å². The van der Waals surface area contributed by atoms with Crippen molar-refractivity contribution in [3.63, 3.8) is 0 Å². The maximum atomic E-state index is 0. The van der Waals surface area contributed by atoms with Gasteiger partial charge in [0.05, 0.1) is 0 Å². The average molecular weight is 118 g/mol. The van der Waals surface area contributed by atoms with Gasteiger partial charge in [0.15, 0.2) is 0 Å². The summed E-state index contributed by atoms with van der Waals surface area (Å²) in [4.78, 5) is 0. The maximum Gasteiger partial charge on any atom is 2.00 e. The summed E-state index contributed by atoms with van der Waals surface area (Å²) in [7, 11) is 0. The van der Waals surface area contributed by atoms with Crippen LogP contribution in [0.25, 0.3) is 0 Å². The molecule has 1 nitrogen and oxygen atoms in total. The minimum absolute atomic E-state index is 0. The first-order valence-electron chi connectivity index (χ1n) is 0. The van der Waals surface area contributed by atoms with Crippen molar-refractivity contribution in [2.24, 2.45) is 0 Å². The van der Waals surface area contributed by atoms with Crippen molar-refractivity contribution in [2.75, 3.05) is 0 Å². The summed E-state index contributed by atoms with van der Waals surface area (Å²) in [6.07, 6.45) is 0. The zero-order valence-corrected chi connectivity index (χ0v) is 3.62. The fourth-order valence-corrected chi connectivity index (χ4v) is 0. The van der Waals surface area contributed by atoms with E-state index >= 15 is 0 Å². The summed E-state index contributed by atoms with van der Waals surface area (Å²) in [5.41, 5.74) is 0. The quantitative estimate of drug-likeness (QED) is 0.421. The molecule has 0 N–H and O–H groups in total. The Balaban J connectivity index is 0. The van der Waals surface area contributed by atoms with Gasteiger partial charge in [-0.15, -0.1) is 0 Å². The van der Waals surface area contributed by atoms with Crippen LogP contribution < -0.4 is 0 Å².